The molecule has 1 N–H and O–H groups in total. The third-order valence-corrected chi connectivity index (χ3v) is 5.86. The first kappa shape index (κ1) is 21.5. The van der Waals surface area contributed by atoms with Crippen LogP contribution in [0.4, 0.5) is 5.69 Å². The van der Waals surface area contributed by atoms with Gasteiger partial charge in [0.2, 0.25) is 5.88 Å². The van der Waals surface area contributed by atoms with Gasteiger partial charge in [0.15, 0.2) is 10.8 Å². The minimum atomic E-state index is -1.44. The van der Waals surface area contributed by atoms with Crippen molar-refractivity contribution in [2.45, 2.75) is 10.9 Å². The average Bonchev–Trinajstić information content (AvgIpc) is 3.13. The molecule has 3 aromatic rings. The summed E-state index contributed by atoms with van der Waals surface area (Å²) in [7, 11) is 0.1000. The number of ether oxygens (including phenoxy) is 2. The number of fused-ring (bicyclic) bond motifs is 1. The smallest absolute Gasteiger partial charge is 0.215 e. The van der Waals surface area contributed by atoms with Crippen molar-refractivity contribution in [3.8, 4) is 5.88 Å². The van der Waals surface area contributed by atoms with Crippen LogP contribution in [0.15, 0.2) is 29.6 Å². The van der Waals surface area contributed by atoms with Crippen LogP contribution >= 0.6 is 11.6 Å². The van der Waals surface area contributed by atoms with Crippen molar-refractivity contribution in [2.24, 2.45) is 0 Å². The fourth-order valence-electron chi connectivity index (χ4n) is 2.89. The second-order valence-corrected chi connectivity index (χ2v) is 7.69. The molecule has 1 unspecified atom stereocenters. The molecule has 0 amide bonds. The van der Waals surface area contributed by atoms with Crippen LogP contribution in [0.1, 0.15) is 5.69 Å². The number of aromatic amines is 1. The van der Waals surface area contributed by atoms with E-state index in [1.54, 1.807) is 18.3 Å². The third-order valence-electron chi connectivity index (χ3n) is 4.28. The first-order valence-corrected chi connectivity index (χ1v) is 10.1. The molecule has 4 rings (SSSR count). The minimum absolute atomic E-state index is 0. The number of hydrogen-bond acceptors (Lipinski definition) is 7. The molecule has 11 heteroatoms. The number of nitrogens with zero attached hydrogens (tertiary/aromatic N) is 4. The molecule has 0 spiro atoms. The van der Waals surface area contributed by atoms with Crippen LogP contribution in [0.25, 0.3) is 11.2 Å². The predicted molar refractivity (Wildman–Crippen MR) is 109 cm³/mol. The number of aromatic nitrogens is 4. The first-order chi connectivity index (χ1) is 13.2. The number of H-pyrrole nitrogens is 1. The standard InChI is InChI=1S/C17H18ClN5O3S.Na/c1-25-14-3-2-11-16(21-14)22-17(20-11)27(24)10-12-15(18)13(4-5-19-12)23-6-8-26-9-7-23;/h2-5H,6-10H2,1H3,(H,20,21,22);. The molecule has 1 saturated heterocycles. The number of halogens is 1. The Balaban J connectivity index is 0.00000225. The van der Waals surface area contributed by atoms with E-state index in [2.05, 4.69) is 24.8 Å². The van der Waals surface area contributed by atoms with E-state index in [9.17, 15) is 4.21 Å². The van der Waals surface area contributed by atoms with Gasteiger partial charge in [0, 0.05) is 54.9 Å². The van der Waals surface area contributed by atoms with Gasteiger partial charge in [-0.25, -0.2) is 4.98 Å². The summed E-state index contributed by atoms with van der Waals surface area (Å²) in [5.41, 5.74) is 2.61. The van der Waals surface area contributed by atoms with Crippen LogP contribution in [0, 0.1) is 0 Å². The Labute approximate surface area is 191 Å². The van der Waals surface area contributed by atoms with E-state index in [0.29, 0.717) is 46.1 Å². The summed E-state index contributed by atoms with van der Waals surface area (Å²) in [4.78, 5) is 18.1. The maximum absolute atomic E-state index is 12.8. The number of methoxy groups -OCH3 is 1. The van der Waals surface area contributed by atoms with Crippen LogP contribution in [0.3, 0.4) is 0 Å². The molecule has 1 aliphatic heterocycles. The predicted octanol–water partition coefficient (Wildman–Crippen LogP) is 1.78. The van der Waals surface area contributed by atoms with Crippen molar-refractivity contribution in [1.82, 2.24) is 19.9 Å². The topological polar surface area (TPSA) is 93.2 Å². The summed E-state index contributed by atoms with van der Waals surface area (Å²) in [6, 6.07) is 5.38. The molecule has 1 atom stereocenters. The Morgan fingerprint density at radius 1 is 1.29 bits per heavy atom. The molecule has 8 nitrogen and oxygen atoms in total. The zero-order chi connectivity index (χ0) is 18.8. The van der Waals surface area contributed by atoms with Crippen LogP contribution in [0.2, 0.25) is 5.02 Å². The van der Waals surface area contributed by atoms with Gasteiger partial charge in [-0.1, -0.05) is 11.6 Å². The third kappa shape index (κ3) is 4.50. The van der Waals surface area contributed by atoms with Gasteiger partial charge in [0.05, 0.1) is 58.8 Å². The Kier molecular flexibility index (Phi) is 7.30. The molecule has 1 fully saturated rings. The zero-order valence-corrected chi connectivity index (χ0v) is 19.2. The van der Waals surface area contributed by atoms with Crippen molar-refractivity contribution in [3.05, 3.63) is 35.1 Å². The normalized spacial score (nSPS) is 15.3. The first-order valence-electron chi connectivity index (χ1n) is 8.41. The maximum atomic E-state index is 12.8. The van der Waals surface area contributed by atoms with E-state index in [1.807, 2.05) is 6.07 Å². The molecule has 0 bridgehead atoms. The Bertz CT molecular complexity index is 996. The Morgan fingerprint density at radius 3 is 2.82 bits per heavy atom. The molecular weight excluding hydrogens is 413 g/mol. The summed E-state index contributed by atoms with van der Waals surface area (Å²) < 4.78 is 23.3. The van der Waals surface area contributed by atoms with Crippen LogP contribution in [-0.2, 0) is 21.3 Å². The molecule has 0 aliphatic carbocycles. The van der Waals surface area contributed by atoms with E-state index < -0.39 is 10.8 Å². The van der Waals surface area contributed by atoms with Crippen molar-refractivity contribution in [1.29, 1.82) is 0 Å². The van der Waals surface area contributed by atoms with E-state index >= 15 is 0 Å². The summed E-state index contributed by atoms with van der Waals surface area (Å²) >= 11 is 6.55. The molecule has 143 valence electrons. The minimum Gasteiger partial charge on any atom is -0.481 e. The molecule has 0 saturated carbocycles. The average molecular weight is 431 g/mol. The number of imidazole rings is 1. The van der Waals surface area contributed by atoms with Gasteiger partial charge in [0.1, 0.15) is 0 Å². The number of pyridine rings is 2. The van der Waals surface area contributed by atoms with Crippen molar-refractivity contribution < 1.29 is 13.7 Å². The number of morpholine rings is 1. The quantitative estimate of drug-likeness (QED) is 0.616. The van der Waals surface area contributed by atoms with E-state index in [-0.39, 0.29) is 35.3 Å². The van der Waals surface area contributed by atoms with Crippen LogP contribution in [-0.4, -0.2) is 87.1 Å². The fraction of sp³-hybridized carbons (Fsp3) is 0.353. The molecule has 1 aliphatic rings. The Morgan fingerprint density at radius 2 is 2.07 bits per heavy atom. The largest absolute Gasteiger partial charge is 0.481 e. The SMILES string of the molecule is COc1ccc2[nH]c(S(=O)Cc3nccc(N4CCOCC4)c3Cl)nc2n1.[Na]. The number of rotatable bonds is 5. The molecular formula is C17H18ClN5NaO3S. The van der Waals surface area contributed by atoms with Gasteiger partial charge in [-0.2, -0.15) is 4.98 Å². The molecule has 1 radical (unpaired) electrons. The van der Waals surface area contributed by atoms with Crippen molar-refractivity contribution in [2.75, 3.05) is 38.3 Å². The molecule has 0 aromatic carbocycles. The van der Waals surface area contributed by atoms with Gasteiger partial charge in [0.25, 0.3) is 0 Å². The van der Waals surface area contributed by atoms with Crippen molar-refractivity contribution >= 4 is 68.8 Å². The molecule has 28 heavy (non-hydrogen) atoms. The van der Waals surface area contributed by atoms with Crippen LogP contribution in [0.5, 0.6) is 5.88 Å². The number of nitrogens with one attached hydrogen (secondary N) is 1. The van der Waals surface area contributed by atoms with E-state index in [0.717, 1.165) is 18.8 Å². The van der Waals surface area contributed by atoms with Gasteiger partial charge < -0.3 is 19.4 Å². The maximum Gasteiger partial charge on any atom is 0.215 e. The number of anilines is 1. The summed E-state index contributed by atoms with van der Waals surface area (Å²) in [5, 5.41) is 0.851. The summed E-state index contributed by atoms with van der Waals surface area (Å²) in [6.07, 6.45) is 1.69. The second kappa shape index (κ2) is 9.51. The second-order valence-electron chi connectivity index (χ2n) is 5.95. The van der Waals surface area contributed by atoms with Gasteiger partial charge >= 0.3 is 0 Å². The van der Waals surface area contributed by atoms with Gasteiger partial charge in [-0.05, 0) is 12.1 Å². The van der Waals surface area contributed by atoms with Crippen LogP contribution < -0.4 is 9.64 Å². The summed E-state index contributed by atoms with van der Waals surface area (Å²) in [5.74, 6) is 0.614. The molecule has 3 aromatic heterocycles. The number of hydrogen-bond donors (Lipinski definition) is 1. The Hall–Kier alpha value is -1.23. The zero-order valence-electron chi connectivity index (χ0n) is 15.6. The fourth-order valence-corrected chi connectivity index (χ4v) is 4.29. The van der Waals surface area contributed by atoms with E-state index in [4.69, 9.17) is 21.1 Å². The summed E-state index contributed by atoms with van der Waals surface area (Å²) in [6.45, 7) is 2.86. The van der Waals surface area contributed by atoms with Gasteiger partial charge in [-0.15, -0.1) is 0 Å². The molecule has 4 heterocycles. The van der Waals surface area contributed by atoms with Crippen molar-refractivity contribution in [3.63, 3.8) is 0 Å². The van der Waals surface area contributed by atoms with E-state index in [1.165, 1.54) is 7.11 Å². The monoisotopic (exact) mass is 430 g/mol. The van der Waals surface area contributed by atoms with Gasteiger partial charge in [-0.3, -0.25) is 9.19 Å².